The number of aromatic nitrogens is 5. The van der Waals surface area contributed by atoms with Crippen molar-refractivity contribution in [1.29, 1.82) is 0 Å². The van der Waals surface area contributed by atoms with E-state index in [0.717, 1.165) is 83.6 Å². The number of nitrogens with zero attached hydrogens (tertiary/aromatic N) is 6. The molecule has 3 N–H and O–H groups in total. The van der Waals surface area contributed by atoms with Gasteiger partial charge >= 0.3 is 0 Å². The fourth-order valence-corrected chi connectivity index (χ4v) is 7.68. The number of hydrogen-bond acceptors (Lipinski definition) is 10. The van der Waals surface area contributed by atoms with Crippen LogP contribution in [0.3, 0.4) is 0 Å². The van der Waals surface area contributed by atoms with Crippen LogP contribution in [0.4, 0.5) is 5.69 Å². The highest BCUT2D eigenvalue weighted by molar-refractivity contribution is 6.06. The van der Waals surface area contributed by atoms with Crippen LogP contribution < -0.4 is 15.5 Å². The highest BCUT2D eigenvalue weighted by Crippen LogP contribution is 2.32. The van der Waals surface area contributed by atoms with Crippen molar-refractivity contribution in [3.8, 4) is 22.4 Å². The summed E-state index contributed by atoms with van der Waals surface area (Å²) in [5, 5.41) is 17.9. The number of anilines is 1. The lowest BCUT2D eigenvalue weighted by Crippen LogP contribution is -2.47. The lowest BCUT2D eigenvalue weighted by atomic mass is 9.96. The maximum Gasteiger partial charge on any atom is 0.293 e. The minimum absolute atomic E-state index is 0.0212. The minimum atomic E-state index is -0.385. The van der Waals surface area contributed by atoms with Crippen LogP contribution in [0.15, 0.2) is 83.5 Å². The van der Waals surface area contributed by atoms with E-state index in [9.17, 15) is 14.4 Å². The second-order valence-corrected chi connectivity index (χ2v) is 16.2. The van der Waals surface area contributed by atoms with Crippen LogP contribution in [-0.2, 0) is 21.4 Å². The number of amides is 3. The maximum atomic E-state index is 12.9. The predicted molar refractivity (Wildman–Crippen MR) is 218 cm³/mol. The van der Waals surface area contributed by atoms with Crippen LogP contribution in [0.2, 0.25) is 0 Å². The molecule has 0 spiro atoms. The lowest BCUT2D eigenvalue weighted by molar-refractivity contribution is -0.125. The Morgan fingerprint density at radius 2 is 1.68 bits per heavy atom. The van der Waals surface area contributed by atoms with Crippen molar-refractivity contribution in [2.75, 3.05) is 37.6 Å². The number of H-pyrrole nitrogens is 1. The van der Waals surface area contributed by atoms with Crippen molar-refractivity contribution in [2.45, 2.75) is 64.8 Å². The molecule has 292 valence electrons. The largest absolute Gasteiger partial charge is 0.369 e. The van der Waals surface area contributed by atoms with E-state index in [-0.39, 0.29) is 47.3 Å². The monoisotopic (exact) mass is 765 g/mol. The first-order chi connectivity index (χ1) is 27.4. The molecule has 6 aromatic rings. The maximum absolute atomic E-state index is 12.9. The number of aromatic amines is 1. The zero-order valence-corrected chi connectivity index (χ0v) is 32.9. The van der Waals surface area contributed by atoms with Gasteiger partial charge in [0, 0.05) is 73.0 Å². The number of imide groups is 1. The Kier molecular flexibility index (Phi) is 10.2. The Morgan fingerprint density at radius 3 is 2.35 bits per heavy atom. The highest BCUT2D eigenvalue weighted by atomic mass is 16.5. The number of fused-ring (bicyclic) bond motifs is 1. The normalized spacial score (nSPS) is 16.9. The number of hydrogen-bond donors (Lipinski definition) is 3. The molecular formula is C44H47N9O4. The number of benzene rings is 3. The summed E-state index contributed by atoms with van der Waals surface area (Å²) in [5.74, 6) is -0.720. The summed E-state index contributed by atoms with van der Waals surface area (Å²) in [7, 11) is 0. The van der Waals surface area contributed by atoms with E-state index in [0.29, 0.717) is 11.5 Å². The Balaban J connectivity index is 0.872. The molecule has 0 aliphatic carbocycles. The average Bonchev–Trinajstić information content (AvgIpc) is 3.96. The molecule has 5 heterocycles. The van der Waals surface area contributed by atoms with Gasteiger partial charge in [0.1, 0.15) is 0 Å². The van der Waals surface area contributed by atoms with Crippen LogP contribution in [0.5, 0.6) is 0 Å². The Bertz CT molecular complexity index is 2440. The molecule has 1 unspecified atom stereocenters. The number of pyridine rings is 1. The van der Waals surface area contributed by atoms with Crippen molar-refractivity contribution in [1.82, 2.24) is 40.9 Å². The molecule has 2 fully saturated rings. The van der Waals surface area contributed by atoms with Gasteiger partial charge in [0.15, 0.2) is 5.65 Å². The van der Waals surface area contributed by atoms with Gasteiger partial charge in [-0.1, -0.05) is 74.5 Å². The lowest BCUT2D eigenvalue weighted by Gasteiger charge is -2.36. The topological polar surface area (TPSA) is 162 Å². The van der Waals surface area contributed by atoms with Crippen LogP contribution in [-0.4, -0.2) is 80.7 Å². The highest BCUT2D eigenvalue weighted by Gasteiger charge is 2.31. The third kappa shape index (κ3) is 8.06. The summed E-state index contributed by atoms with van der Waals surface area (Å²) in [5.41, 5.74) is 9.59. The number of aryl methyl sites for hydroxylation is 1. The van der Waals surface area contributed by atoms with Gasteiger partial charge in [-0.25, -0.2) is 4.98 Å². The van der Waals surface area contributed by atoms with Gasteiger partial charge in [-0.2, -0.15) is 10.1 Å². The molecule has 13 nitrogen and oxygen atoms in total. The molecule has 0 radical (unpaired) electrons. The first-order valence-electron chi connectivity index (χ1n) is 19.5. The minimum Gasteiger partial charge on any atom is -0.369 e. The van der Waals surface area contributed by atoms with E-state index in [2.05, 4.69) is 94.3 Å². The van der Waals surface area contributed by atoms with E-state index in [1.807, 2.05) is 65.1 Å². The molecule has 2 aliphatic heterocycles. The number of nitrogens with one attached hydrogen (secondary N) is 3. The summed E-state index contributed by atoms with van der Waals surface area (Å²) in [6.45, 7) is 14.7. The molecule has 8 rings (SSSR count). The van der Waals surface area contributed by atoms with Gasteiger partial charge in [-0.3, -0.25) is 29.7 Å². The third-order valence-electron chi connectivity index (χ3n) is 11.1. The Morgan fingerprint density at radius 1 is 0.947 bits per heavy atom. The molecule has 2 saturated heterocycles. The quantitative estimate of drug-likeness (QED) is 0.136. The molecule has 57 heavy (non-hydrogen) atoms. The van der Waals surface area contributed by atoms with Crippen molar-refractivity contribution in [3.63, 3.8) is 0 Å². The molecule has 2 aliphatic rings. The average molecular weight is 766 g/mol. The summed E-state index contributed by atoms with van der Waals surface area (Å²) in [6, 6.07) is 24.8. The molecule has 2 atom stereocenters. The van der Waals surface area contributed by atoms with Crippen molar-refractivity contribution in [2.24, 2.45) is 0 Å². The number of carbonyl (C=O) groups excluding carboxylic acids is 3. The van der Waals surface area contributed by atoms with E-state index in [1.165, 1.54) is 11.3 Å². The second-order valence-electron chi connectivity index (χ2n) is 16.2. The molecule has 3 aromatic heterocycles. The Labute approximate surface area is 331 Å². The van der Waals surface area contributed by atoms with E-state index >= 15 is 0 Å². The molecule has 3 aromatic carbocycles. The van der Waals surface area contributed by atoms with Gasteiger partial charge in [-0.15, -0.1) is 0 Å². The fourth-order valence-electron chi connectivity index (χ4n) is 7.68. The van der Waals surface area contributed by atoms with Crippen LogP contribution in [0.25, 0.3) is 33.4 Å². The SMILES string of the molecule is Cc1cc(-c2[nH]nc3ncc(-c4ccc(N5CCN(CCc6ccc(C7CC(=O)NC7=O)cc6)CC5)cc4)cc23)ccc1[C@@H](C)NC(=O)c1noc(C(C)(C)C)n1. The zero-order chi connectivity index (χ0) is 39.8. The van der Waals surface area contributed by atoms with Crippen LogP contribution in [0.1, 0.15) is 84.8 Å². The number of piperazine rings is 1. The summed E-state index contributed by atoms with van der Waals surface area (Å²) in [4.78, 5) is 50.4. The number of carbonyl (C=O) groups is 3. The van der Waals surface area contributed by atoms with Crippen molar-refractivity contribution in [3.05, 3.63) is 113 Å². The van der Waals surface area contributed by atoms with Gasteiger partial charge in [0.25, 0.3) is 11.7 Å². The third-order valence-corrected chi connectivity index (χ3v) is 11.1. The molecule has 13 heteroatoms. The number of rotatable bonds is 10. The summed E-state index contributed by atoms with van der Waals surface area (Å²) < 4.78 is 5.30. The fraction of sp³-hybridized carbons (Fsp3) is 0.341. The van der Waals surface area contributed by atoms with Crippen LogP contribution in [0, 0.1) is 6.92 Å². The molecular weight excluding hydrogens is 719 g/mol. The first-order valence-corrected chi connectivity index (χ1v) is 19.5. The van der Waals surface area contributed by atoms with Gasteiger partial charge in [0.05, 0.1) is 17.7 Å². The summed E-state index contributed by atoms with van der Waals surface area (Å²) in [6.07, 6.45) is 3.04. The molecule has 0 bridgehead atoms. The molecule has 0 saturated carbocycles. The summed E-state index contributed by atoms with van der Waals surface area (Å²) >= 11 is 0. The second kappa shape index (κ2) is 15.4. The van der Waals surface area contributed by atoms with E-state index in [1.54, 1.807) is 0 Å². The predicted octanol–water partition coefficient (Wildman–Crippen LogP) is 6.27. The van der Waals surface area contributed by atoms with Gasteiger partial charge in [0.2, 0.25) is 17.7 Å². The van der Waals surface area contributed by atoms with Crippen LogP contribution >= 0.6 is 0 Å². The standard InChI is InChI=1S/C44H47N9O4/c1-26-22-31(12-15-34(26)27(2)46-42(56)40-48-43(57-51-40)44(3,4)5)38-36-23-32(25-45-39(36)50-49-38)29-10-13-33(14-11-29)53-20-18-52(19-21-53)17-16-28-6-8-30(9-7-28)35-24-37(54)47-41(35)55/h6-15,22-23,25,27,35H,16-21,24H2,1-5H3,(H,46,56)(H,45,49,50)(H,47,54,55)/t27-,35?/m1/s1. The zero-order valence-electron chi connectivity index (χ0n) is 32.9. The first kappa shape index (κ1) is 37.7. The smallest absolute Gasteiger partial charge is 0.293 e. The van der Waals surface area contributed by atoms with E-state index < -0.39 is 0 Å². The van der Waals surface area contributed by atoms with Crippen molar-refractivity contribution >= 4 is 34.4 Å². The van der Waals surface area contributed by atoms with Gasteiger partial charge in [-0.05, 0) is 72.4 Å². The van der Waals surface area contributed by atoms with E-state index in [4.69, 9.17) is 4.52 Å². The Hall–Kier alpha value is -6.21. The van der Waals surface area contributed by atoms with Crippen molar-refractivity contribution < 1.29 is 18.9 Å². The molecule has 3 amide bonds. The van der Waals surface area contributed by atoms with Gasteiger partial charge < -0.3 is 14.7 Å².